The quantitative estimate of drug-likeness (QED) is 0.782. The maximum atomic E-state index is 12.2. The zero-order valence-corrected chi connectivity index (χ0v) is 11.7. The van der Waals surface area contributed by atoms with Crippen molar-refractivity contribution in [3.8, 4) is 5.75 Å². The predicted octanol–water partition coefficient (Wildman–Crippen LogP) is 4.10. The van der Waals surface area contributed by atoms with Crippen LogP contribution in [0.3, 0.4) is 0 Å². The molecule has 3 aromatic carbocycles. The monoisotopic (exact) mass is 277 g/mol. The molecule has 21 heavy (non-hydrogen) atoms. The summed E-state index contributed by atoms with van der Waals surface area (Å²) in [6, 6.07) is 20.8. The van der Waals surface area contributed by atoms with Crippen molar-refractivity contribution in [1.82, 2.24) is 0 Å². The number of carbonyl (C=O) groups excluding carboxylic acids is 1. The Morgan fingerprint density at radius 3 is 2.43 bits per heavy atom. The Bertz CT molecular complexity index is 782. The van der Waals surface area contributed by atoms with Crippen molar-refractivity contribution >= 4 is 22.4 Å². The molecule has 3 nitrogen and oxygen atoms in total. The summed E-state index contributed by atoms with van der Waals surface area (Å²) in [6.07, 6.45) is 0. The van der Waals surface area contributed by atoms with Crippen LogP contribution in [0.1, 0.15) is 10.4 Å². The van der Waals surface area contributed by atoms with Crippen molar-refractivity contribution in [1.29, 1.82) is 0 Å². The first-order valence-electron chi connectivity index (χ1n) is 6.71. The van der Waals surface area contributed by atoms with Crippen molar-refractivity contribution < 1.29 is 9.53 Å². The molecular formula is C18H15NO2. The highest BCUT2D eigenvalue weighted by Gasteiger charge is 2.08. The summed E-state index contributed by atoms with van der Waals surface area (Å²) in [5.41, 5.74) is 1.35. The Balaban J connectivity index is 1.96. The van der Waals surface area contributed by atoms with Crippen LogP contribution in [-0.4, -0.2) is 13.0 Å². The van der Waals surface area contributed by atoms with Crippen LogP contribution < -0.4 is 10.1 Å². The van der Waals surface area contributed by atoms with Crippen LogP contribution >= 0.6 is 0 Å². The van der Waals surface area contributed by atoms with E-state index >= 15 is 0 Å². The second kappa shape index (κ2) is 5.67. The minimum atomic E-state index is -0.132. The van der Waals surface area contributed by atoms with Gasteiger partial charge in [-0.25, -0.2) is 0 Å². The largest absolute Gasteiger partial charge is 0.496 e. The van der Waals surface area contributed by atoms with Gasteiger partial charge in [-0.2, -0.15) is 0 Å². The summed E-state index contributed by atoms with van der Waals surface area (Å²) in [5.74, 6) is 0.615. The Kier molecular flexibility index (Phi) is 3.56. The maximum absolute atomic E-state index is 12.2. The highest BCUT2D eigenvalue weighted by molar-refractivity contribution is 6.05. The van der Waals surface area contributed by atoms with E-state index in [4.69, 9.17) is 4.74 Å². The van der Waals surface area contributed by atoms with E-state index in [1.807, 2.05) is 54.6 Å². The molecule has 0 spiro atoms. The first-order valence-corrected chi connectivity index (χ1v) is 6.71. The number of amides is 1. The number of methoxy groups -OCH3 is 1. The highest BCUT2D eigenvalue weighted by Crippen LogP contribution is 2.29. The number of hydrogen-bond acceptors (Lipinski definition) is 2. The molecule has 1 N–H and O–H groups in total. The van der Waals surface area contributed by atoms with Gasteiger partial charge in [-0.1, -0.05) is 42.5 Å². The molecule has 0 saturated heterocycles. The molecule has 0 aliphatic carbocycles. The van der Waals surface area contributed by atoms with E-state index in [1.54, 1.807) is 19.2 Å². The molecule has 3 rings (SSSR count). The van der Waals surface area contributed by atoms with Gasteiger partial charge in [-0.15, -0.1) is 0 Å². The number of rotatable bonds is 3. The summed E-state index contributed by atoms with van der Waals surface area (Å²) in [4.78, 5) is 12.2. The topological polar surface area (TPSA) is 38.3 Å². The van der Waals surface area contributed by atoms with Crippen LogP contribution in [0.4, 0.5) is 5.69 Å². The van der Waals surface area contributed by atoms with Crippen molar-refractivity contribution in [3.05, 3.63) is 72.3 Å². The SMILES string of the molecule is COc1cc(NC(=O)c2ccccc2)cc2ccccc12. The smallest absolute Gasteiger partial charge is 0.255 e. The lowest BCUT2D eigenvalue weighted by Gasteiger charge is -2.10. The molecule has 0 bridgehead atoms. The predicted molar refractivity (Wildman–Crippen MR) is 84.9 cm³/mol. The second-order valence-corrected chi connectivity index (χ2v) is 4.72. The van der Waals surface area contributed by atoms with Crippen LogP contribution in [0.25, 0.3) is 10.8 Å². The van der Waals surface area contributed by atoms with Crippen molar-refractivity contribution in [2.24, 2.45) is 0 Å². The number of fused-ring (bicyclic) bond motifs is 1. The summed E-state index contributed by atoms with van der Waals surface area (Å²) in [5, 5.41) is 4.96. The third-order valence-electron chi connectivity index (χ3n) is 3.34. The number of benzene rings is 3. The summed E-state index contributed by atoms with van der Waals surface area (Å²) in [6.45, 7) is 0. The van der Waals surface area contributed by atoms with Crippen LogP contribution in [0.15, 0.2) is 66.7 Å². The fourth-order valence-electron chi connectivity index (χ4n) is 2.31. The molecule has 0 heterocycles. The number of hydrogen-bond donors (Lipinski definition) is 1. The first-order chi connectivity index (χ1) is 10.3. The van der Waals surface area contributed by atoms with Crippen LogP contribution in [0.5, 0.6) is 5.75 Å². The van der Waals surface area contributed by atoms with Gasteiger partial charge in [0.2, 0.25) is 0 Å². The maximum Gasteiger partial charge on any atom is 0.255 e. The van der Waals surface area contributed by atoms with E-state index in [0.717, 1.165) is 22.2 Å². The number of ether oxygens (including phenoxy) is 1. The zero-order chi connectivity index (χ0) is 14.7. The lowest BCUT2D eigenvalue weighted by molar-refractivity contribution is 0.102. The average Bonchev–Trinajstić information content (AvgIpc) is 2.55. The third-order valence-corrected chi connectivity index (χ3v) is 3.34. The van der Waals surface area contributed by atoms with Crippen LogP contribution in [-0.2, 0) is 0 Å². The van der Waals surface area contributed by atoms with Gasteiger partial charge in [-0.05, 0) is 23.6 Å². The van der Waals surface area contributed by atoms with Crippen LogP contribution in [0, 0.1) is 0 Å². The van der Waals surface area contributed by atoms with Gasteiger partial charge in [0, 0.05) is 22.7 Å². The average molecular weight is 277 g/mol. The van der Waals surface area contributed by atoms with Crippen molar-refractivity contribution in [2.45, 2.75) is 0 Å². The number of carbonyl (C=O) groups is 1. The van der Waals surface area contributed by atoms with Gasteiger partial charge in [-0.3, -0.25) is 4.79 Å². The van der Waals surface area contributed by atoms with Gasteiger partial charge in [0.25, 0.3) is 5.91 Å². The number of nitrogens with one attached hydrogen (secondary N) is 1. The summed E-state index contributed by atoms with van der Waals surface area (Å²) < 4.78 is 5.40. The molecule has 104 valence electrons. The van der Waals surface area contributed by atoms with E-state index in [2.05, 4.69) is 5.32 Å². The molecule has 3 heteroatoms. The molecule has 1 amide bonds. The number of anilines is 1. The van der Waals surface area contributed by atoms with Gasteiger partial charge in [0.15, 0.2) is 0 Å². The molecule has 0 atom stereocenters. The van der Waals surface area contributed by atoms with Crippen molar-refractivity contribution in [2.75, 3.05) is 12.4 Å². The normalized spacial score (nSPS) is 10.3. The van der Waals surface area contributed by atoms with Gasteiger partial charge in [0.1, 0.15) is 5.75 Å². The molecular weight excluding hydrogens is 262 g/mol. The minimum Gasteiger partial charge on any atom is -0.496 e. The Labute approximate surface area is 123 Å². The Morgan fingerprint density at radius 1 is 0.952 bits per heavy atom. The zero-order valence-electron chi connectivity index (χ0n) is 11.7. The van der Waals surface area contributed by atoms with Gasteiger partial charge in [0.05, 0.1) is 7.11 Å². The summed E-state index contributed by atoms with van der Waals surface area (Å²) >= 11 is 0. The first kappa shape index (κ1) is 13.2. The fraction of sp³-hybridized carbons (Fsp3) is 0.0556. The van der Waals surface area contributed by atoms with Crippen molar-refractivity contribution in [3.63, 3.8) is 0 Å². The molecule has 0 aromatic heterocycles. The van der Waals surface area contributed by atoms with Gasteiger partial charge < -0.3 is 10.1 Å². The Hall–Kier alpha value is -2.81. The molecule has 0 aliphatic rings. The standard InChI is InChI=1S/C18H15NO2/c1-21-17-12-15(11-14-9-5-6-10-16(14)17)19-18(20)13-7-3-2-4-8-13/h2-12H,1H3,(H,19,20). The molecule has 0 unspecified atom stereocenters. The summed E-state index contributed by atoms with van der Waals surface area (Å²) in [7, 11) is 1.63. The molecule has 0 radical (unpaired) electrons. The van der Waals surface area contributed by atoms with Gasteiger partial charge >= 0.3 is 0 Å². The van der Waals surface area contributed by atoms with E-state index in [0.29, 0.717) is 5.56 Å². The molecule has 0 saturated carbocycles. The fourth-order valence-corrected chi connectivity index (χ4v) is 2.31. The highest BCUT2D eigenvalue weighted by atomic mass is 16.5. The minimum absolute atomic E-state index is 0.132. The van der Waals surface area contributed by atoms with E-state index in [-0.39, 0.29) is 5.91 Å². The molecule has 0 fully saturated rings. The molecule has 0 aliphatic heterocycles. The lowest BCUT2D eigenvalue weighted by atomic mass is 10.1. The Morgan fingerprint density at radius 2 is 1.67 bits per heavy atom. The second-order valence-electron chi connectivity index (χ2n) is 4.72. The lowest BCUT2D eigenvalue weighted by Crippen LogP contribution is -2.11. The van der Waals surface area contributed by atoms with E-state index in [1.165, 1.54) is 0 Å². The molecule has 3 aromatic rings. The van der Waals surface area contributed by atoms with E-state index < -0.39 is 0 Å². The van der Waals surface area contributed by atoms with Crippen LogP contribution in [0.2, 0.25) is 0 Å². The van der Waals surface area contributed by atoms with E-state index in [9.17, 15) is 4.79 Å². The third kappa shape index (κ3) is 2.72.